The van der Waals surface area contributed by atoms with Crippen LogP contribution in [0.15, 0.2) is 84.9 Å². The minimum absolute atomic E-state index is 0.0785. The van der Waals surface area contributed by atoms with Crippen LogP contribution in [0.4, 0.5) is 0 Å². The lowest BCUT2D eigenvalue weighted by atomic mass is 9.81. The number of nitrogens with zero attached hydrogens (tertiary/aromatic N) is 1. The largest absolute Gasteiger partial charge is 0.508 e. The van der Waals surface area contributed by atoms with Gasteiger partial charge in [-0.2, -0.15) is 0 Å². The molecule has 1 aliphatic carbocycles. The zero-order valence-electron chi connectivity index (χ0n) is 19.9. The SMILES string of the molecule is NCC1CCC(C(=O)N(CCc2ccc(O)cc2)CC(c2ccccc2)c2ccccc2)CC1. The minimum Gasteiger partial charge on any atom is -0.508 e. The number of carbonyl (C=O) groups is 1. The van der Waals surface area contributed by atoms with Crippen LogP contribution in [0.3, 0.4) is 0 Å². The van der Waals surface area contributed by atoms with Crippen LogP contribution in [-0.2, 0) is 11.2 Å². The fraction of sp³-hybridized carbons (Fsp3) is 0.367. The van der Waals surface area contributed by atoms with E-state index in [1.807, 2.05) is 24.3 Å². The molecular formula is C30H36N2O2. The molecule has 3 aromatic carbocycles. The Morgan fingerprint density at radius 1 is 0.853 bits per heavy atom. The van der Waals surface area contributed by atoms with Crippen LogP contribution in [0.5, 0.6) is 5.75 Å². The summed E-state index contributed by atoms with van der Waals surface area (Å²) in [6.07, 6.45) is 4.70. The highest BCUT2D eigenvalue weighted by molar-refractivity contribution is 5.79. The molecule has 4 nitrogen and oxygen atoms in total. The molecule has 3 aromatic rings. The molecule has 4 heteroatoms. The van der Waals surface area contributed by atoms with E-state index >= 15 is 0 Å². The van der Waals surface area contributed by atoms with Crippen molar-refractivity contribution in [1.82, 2.24) is 4.90 Å². The number of nitrogens with two attached hydrogens (primary N) is 1. The van der Waals surface area contributed by atoms with Crippen molar-refractivity contribution in [2.75, 3.05) is 19.6 Å². The second-order valence-corrected chi connectivity index (χ2v) is 9.53. The lowest BCUT2D eigenvalue weighted by Crippen LogP contribution is -2.41. The molecule has 1 amide bonds. The maximum atomic E-state index is 13.8. The lowest BCUT2D eigenvalue weighted by molar-refractivity contribution is -0.137. The quantitative estimate of drug-likeness (QED) is 0.455. The van der Waals surface area contributed by atoms with Gasteiger partial charge in [-0.3, -0.25) is 4.79 Å². The average molecular weight is 457 g/mol. The van der Waals surface area contributed by atoms with Crippen LogP contribution in [0.1, 0.15) is 48.3 Å². The molecule has 0 heterocycles. The molecule has 34 heavy (non-hydrogen) atoms. The number of rotatable bonds is 9. The molecule has 0 aliphatic heterocycles. The Morgan fingerprint density at radius 3 is 1.94 bits per heavy atom. The van der Waals surface area contributed by atoms with Crippen LogP contribution in [0, 0.1) is 11.8 Å². The molecule has 1 aliphatic rings. The number of carbonyl (C=O) groups excluding carboxylic acids is 1. The number of aromatic hydroxyl groups is 1. The first kappa shape index (κ1) is 24.0. The number of benzene rings is 3. The average Bonchev–Trinajstić information content (AvgIpc) is 2.90. The number of hydrogen-bond acceptors (Lipinski definition) is 3. The van der Waals surface area contributed by atoms with Crippen LogP contribution >= 0.6 is 0 Å². The maximum Gasteiger partial charge on any atom is 0.225 e. The van der Waals surface area contributed by atoms with E-state index in [2.05, 4.69) is 53.4 Å². The van der Waals surface area contributed by atoms with E-state index in [1.165, 1.54) is 11.1 Å². The van der Waals surface area contributed by atoms with Gasteiger partial charge < -0.3 is 15.7 Å². The number of phenolic OH excluding ortho intramolecular Hbond substituents is 1. The highest BCUT2D eigenvalue weighted by atomic mass is 16.3. The predicted octanol–water partition coefficient (Wildman–Crippen LogP) is 5.36. The molecule has 0 spiro atoms. The maximum absolute atomic E-state index is 13.8. The van der Waals surface area contributed by atoms with E-state index in [9.17, 15) is 9.90 Å². The first-order valence-corrected chi connectivity index (χ1v) is 12.5. The highest BCUT2D eigenvalue weighted by Crippen LogP contribution is 2.32. The van der Waals surface area contributed by atoms with Crippen molar-refractivity contribution in [3.8, 4) is 5.75 Å². The zero-order valence-corrected chi connectivity index (χ0v) is 19.9. The summed E-state index contributed by atoms with van der Waals surface area (Å²) in [5.74, 6) is 1.28. The molecule has 178 valence electrons. The van der Waals surface area contributed by atoms with Gasteiger partial charge in [-0.25, -0.2) is 0 Å². The van der Waals surface area contributed by atoms with Gasteiger partial charge in [-0.15, -0.1) is 0 Å². The van der Waals surface area contributed by atoms with E-state index in [1.54, 1.807) is 12.1 Å². The summed E-state index contributed by atoms with van der Waals surface area (Å²) in [4.78, 5) is 15.9. The summed E-state index contributed by atoms with van der Waals surface area (Å²) in [6.45, 7) is 2.04. The first-order chi connectivity index (χ1) is 16.6. The van der Waals surface area contributed by atoms with Crippen LogP contribution < -0.4 is 5.73 Å². The van der Waals surface area contributed by atoms with Gasteiger partial charge in [0.25, 0.3) is 0 Å². The molecule has 1 saturated carbocycles. The molecule has 0 aromatic heterocycles. The van der Waals surface area contributed by atoms with Crippen molar-refractivity contribution in [1.29, 1.82) is 0 Å². The first-order valence-electron chi connectivity index (χ1n) is 12.5. The summed E-state index contributed by atoms with van der Waals surface area (Å²) in [5, 5.41) is 9.63. The van der Waals surface area contributed by atoms with E-state index in [0.29, 0.717) is 19.0 Å². The van der Waals surface area contributed by atoms with Crippen molar-refractivity contribution in [2.24, 2.45) is 17.6 Å². The summed E-state index contributed by atoms with van der Waals surface area (Å²) in [7, 11) is 0. The van der Waals surface area contributed by atoms with Crippen LogP contribution in [-0.4, -0.2) is 35.5 Å². The van der Waals surface area contributed by atoms with Crippen molar-refractivity contribution < 1.29 is 9.90 Å². The Hall–Kier alpha value is -3.11. The Balaban J connectivity index is 1.57. The minimum atomic E-state index is 0.0785. The van der Waals surface area contributed by atoms with Crippen molar-refractivity contribution in [2.45, 2.75) is 38.0 Å². The molecule has 0 bridgehead atoms. The number of phenols is 1. The zero-order chi connectivity index (χ0) is 23.8. The molecular weight excluding hydrogens is 420 g/mol. The molecule has 1 fully saturated rings. The lowest BCUT2D eigenvalue weighted by Gasteiger charge is -2.34. The molecule has 3 N–H and O–H groups in total. The van der Waals surface area contributed by atoms with E-state index in [0.717, 1.165) is 44.2 Å². The van der Waals surface area contributed by atoms with Gasteiger partial charge in [-0.05, 0) is 73.4 Å². The normalized spacial score (nSPS) is 18.1. The standard InChI is InChI=1S/C30H36N2O2/c31-21-24-11-15-27(16-12-24)30(34)32(20-19-23-13-17-28(33)18-14-23)22-29(25-7-3-1-4-8-25)26-9-5-2-6-10-26/h1-10,13-14,17-18,24,27,29,33H,11-12,15-16,19-22,31H2. The molecule has 0 radical (unpaired) electrons. The van der Waals surface area contributed by atoms with Gasteiger partial charge in [0.15, 0.2) is 0 Å². The summed E-state index contributed by atoms with van der Waals surface area (Å²) in [5.41, 5.74) is 9.46. The van der Waals surface area contributed by atoms with E-state index in [-0.39, 0.29) is 23.5 Å². The van der Waals surface area contributed by atoms with Gasteiger partial charge in [0.1, 0.15) is 5.75 Å². The summed E-state index contributed by atoms with van der Waals surface area (Å²) >= 11 is 0. The number of hydrogen-bond donors (Lipinski definition) is 2. The third-order valence-electron chi connectivity index (χ3n) is 7.25. The molecule has 0 saturated heterocycles. The van der Waals surface area contributed by atoms with Crippen LogP contribution in [0.25, 0.3) is 0 Å². The predicted molar refractivity (Wildman–Crippen MR) is 138 cm³/mol. The van der Waals surface area contributed by atoms with Crippen molar-refractivity contribution >= 4 is 5.91 Å². The van der Waals surface area contributed by atoms with Crippen LogP contribution in [0.2, 0.25) is 0 Å². The Kier molecular flexibility index (Phi) is 8.37. The fourth-order valence-electron chi connectivity index (χ4n) is 5.12. The van der Waals surface area contributed by atoms with Gasteiger partial charge in [0.2, 0.25) is 5.91 Å². The smallest absolute Gasteiger partial charge is 0.225 e. The summed E-state index contributed by atoms with van der Waals surface area (Å²) in [6, 6.07) is 28.3. The second-order valence-electron chi connectivity index (χ2n) is 9.53. The van der Waals surface area contributed by atoms with Gasteiger partial charge in [0, 0.05) is 24.9 Å². The van der Waals surface area contributed by atoms with Gasteiger partial charge in [-0.1, -0.05) is 72.8 Å². The molecule has 0 atom stereocenters. The Bertz CT molecular complexity index is 973. The monoisotopic (exact) mass is 456 g/mol. The van der Waals surface area contributed by atoms with Crippen molar-refractivity contribution in [3.63, 3.8) is 0 Å². The summed E-state index contributed by atoms with van der Waals surface area (Å²) < 4.78 is 0. The number of amides is 1. The second kappa shape index (κ2) is 11.8. The van der Waals surface area contributed by atoms with E-state index in [4.69, 9.17) is 5.73 Å². The molecule has 4 rings (SSSR count). The van der Waals surface area contributed by atoms with Crippen molar-refractivity contribution in [3.05, 3.63) is 102 Å². The Morgan fingerprint density at radius 2 is 1.41 bits per heavy atom. The molecule has 0 unspecified atom stereocenters. The fourth-order valence-corrected chi connectivity index (χ4v) is 5.12. The third kappa shape index (κ3) is 6.27. The van der Waals surface area contributed by atoms with E-state index < -0.39 is 0 Å². The highest BCUT2D eigenvalue weighted by Gasteiger charge is 2.30. The van der Waals surface area contributed by atoms with Gasteiger partial charge in [0.05, 0.1) is 0 Å². The Labute approximate surface area is 203 Å². The van der Waals surface area contributed by atoms with Gasteiger partial charge >= 0.3 is 0 Å². The third-order valence-corrected chi connectivity index (χ3v) is 7.25. The topological polar surface area (TPSA) is 66.6 Å².